The Morgan fingerprint density at radius 3 is 3.05 bits per heavy atom. The van der Waals surface area contributed by atoms with Crippen LogP contribution in [0.3, 0.4) is 0 Å². The predicted octanol–water partition coefficient (Wildman–Crippen LogP) is 2.61. The Bertz CT molecular complexity index is 445. The smallest absolute Gasteiger partial charge is 0.338 e. The van der Waals surface area contributed by atoms with E-state index in [9.17, 15) is 4.79 Å². The van der Waals surface area contributed by atoms with Gasteiger partial charge in [0.25, 0.3) is 0 Å². The Hall–Kier alpha value is -1.36. The number of thioether (sulfide) groups is 1. The first-order chi connectivity index (χ1) is 9.20. The summed E-state index contributed by atoms with van der Waals surface area (Å²) < 4.78 is 4.95. The number of hydrogen-bond donors (Lipinski definition) is 2. The Morgan fingerprint density at radius 1 is 1.58 bits per heavy atom. The van der Waals surface area contributed by atoms with Gasteiger partial charge in [-0.1, -0.05) is 0 Å². The number of hydrogen-bond acceptors (Lipinski definition) is 5. The number of nitrogens with two attached hydrogens (primary N) is 1. The molecule has 0 saturated carbocycles. The Labute approximate surface area is 118 Å². The van der Waals surface area contributed by atoms with Crippen molar-refractivity contribution in [1.29, 1.82) is 0 Å². The van der Waals surface area contributed by atoms with E-state index >= 15 is 0 Å². The fraction of sp³-hybridized carbons (Fsp3) is 0.500. The van der Waals surface area contributed by atoms with Crippen LogP contribution in [0.1, 0.15) is 23.7 Å². The number of carbonyl (C=O) groups excluding carboxylic acids is 1. The van der Waals surface area contributed by atoms with Crippen molar-refractivity contribution in [2.75, 3.05) is 35.7 Å². The second-order valence-corrected chi connectivity index (χ2v) is 5.78. The number of rotatable bonds is 5. The Morgan fingerprint density at radius 2 is 2.42 bits per heavy atom. The molecule has 0 aliphatic carbocycles. The molecule has 3 N–H and O–H groups in total. The maximum atomic E-state index is 11.6. The molecule has 4 nitrogen and oxygen atoms in total. The molecule has 1 atom stereocenters. The lowest BCUT2D eigenvalue weighted by Crippen LogP contribution is -2.14. The van der Waals surface area contributed by atoms with Crippen LogP contribution >= 0.6 is 11.8 Å². The molecule has 1 aromatic carbocycles. The maximum Gasteiger partial charge on any atom is 0.338 e. The van der Waals surface area contributed by atoms with Crippen molar-refractivity contribution < 1.29 is 9.53 Å². The van der Waals surface area contributed by atoms with Crippen molar-refractivity contribution in [3.05, 3.63) is 23.8 Å². The molecule has 0 bridgehead atoms. The van der Waals surface area contributed by atoms with Crippen LogP contribution in [0.25, 0.3) is 0 Å². The minimum Gasteiger partial charge on any atom is -0.462 e. The highest BCUT2D eigenvalue weighted by Crippen LogP contribution is 2.25. The largest absolute Gasteiger partial charge is 0.462 e. The zero-order valence-corrected chi connectivity index (χ0v) is 12.0. The molecule has 1 fully saturated rings. The summed E-state index contributed by atoms with van der Waals surface area (Å²) in [6.45, 7) is 3.10. The molecular weight excluding hydrogens is 260 g/mol. The summed E-state index contributed by atoms with van der Waals surface area (Å²) in [5.41, 5.74) is 7.95. The van der Waals surface area contributed by atoms with E-state index in [0.717, 1.165) is 12.2 Å². The molecule has 0 radical (unpaired) electrons. The lowest BCUT2D eigenvalue weighted by atomic mass is 10.1. The summed E-state index contributed by atoms with van der Waals surface area (Å²) in [6, 6.07) is 5.27. The van der Waals surface area contributed by atoms with Gasteiger partial charge in [-0.3, -0.25) is 0 Å². The third-order valence-electron chi connectivity index (χ3n) is 3.17. The van der Waals surface area contributed by atoms with Crippen LogP contribution in [0.2, 0.25) is 0 Å². The number of nitrogen functional groups attached to an aromatic ring is 1. The van der Waals surface area contributed by atoms with E-state index in [0.29, 0.717) is 23.8 Å². The van der Waals surface area contributed by atoms with Crippen molar-refractivity contribution in [3.63, 3.8) is 0 Å². The highest BCUT2D eigenvalue weighted by atomic mass is 32.2. The summed E-state index contributed by atoms with van der Waals surface area (Å²) in [5.74, 6) is 2.86. The summed E-state index contributed by atoms with van der Waals surface area (Å²) in [6.07, 6.45) is 1.26. The fourth-order valence-electron chi connectivity index (χ4n) is 2.06. The van der Waals surface area contributed by atoms with Crippen molar-refractivity contribution >= 4 is 29.1 Å². The van der Waals surface area contributed by atoms with Gasteiger partial charge in [-0.15, -0.1) is 0 Å². The van der Waals surface area contributed by atoms with Gasteiger partial charge in [0.1, 0.15) is 0 Å². The summed E-state index contributed by atoms with van der Waals surface area (Å²) in [5, 5.41) is 3.36. The highest BCUT2D eigenvalue weighted by molar-refractivity contribution is 7.99. The monoisotopic (exact) mass is 280 g/mol. The van der Waals surface area contributed by atoms with Crippen molar-refractivity contribution in [2.24, 2.45) is 5.92 Å². The van der Waals surface area contributed by atoms with E-state index in [2.05, 4.69) is 5.32 Å². The fourth-order valence-corrected chi connectivity index (χ4v) is 3.35. The van der Waals surface area contributed by atoms with Crippen LogP contribution in [0.5, 0.6) is 0 Å². The van der Waals surface area contributed by atoms with Crippen LogP contribution in [0.4, 0.5) is 11.4 Å². The molecule has 5 heteroatoms. The molecule has 0 spiro atoms. The Balaban J connectivity index is 1.96. The zero-order valence-electron chi connectivity index (χ0n) is 11.1. The zero-order chi connectivity index (χ0) is 13.7. The molecule has 1 saturated heterocycles. The van der Waals surface area contributed by atoms with E-state index in [1.165, 1.54) is 17.9 Å². The second-order valence-electron chi connectivity index (χ2n) is 4.63. The van der Waals surface area contributed by atoms with Gasteiger partial charge in [-0.25, -0.2) is 4.79 Å². The molecule has 19 heavy (non-hydrogen) atoms. The molecule has 104 valence electrons. The predicted molar refractivity (Wildman–Crippen MR) is 80.7 cm³/mol. The first kappa shape index (κ1) is 14.1. The molecular formula is C14H20N2O2S. The van der Waals surface area contributed by atoms with E-state index in [4.69, 9.17) is 10.5 Å². The quantitative estimate of drug-likeness (QED) is 0.641. The minimum absolute atomic E-state index is 0.326. The summed E-state index contributed by atoms with van der Waals surface area (Å²) >= 11 is 2.00. The number of ether oxygens (including phenoxy) is 1. The Kier molecular flexibility index (Phi) is 4.96. The third-order valence-corrected chi connectivity index (χ3v) is 4.40. The molecule has 0 aromatic heterocycles. The van der Waals surface area contributed by atoms with Gasteiger partial charge in [-0.2, -0.15) is 11.8 Å². The maximum absolute atomic E-state index is 11.6. The number of benzene rings is 1. The molecule has 1 heterocycles. The molecule has 2 rings (SSSR count). The molecule has 1 aliphatic rings. The first-order valence-electron chi connectivity index (χ1n) is 6.59. The topological polar surface area (TPSA) is 64.3 Å². The summed E-state index contributed by atoms with van der Waals surface area (Å²) in [4.78, 5) is 11.6. The van der Waals surface area contributed by atoms with Gasteiger partial charge >= 0.3 is 5.97 Å². The molecule has 1 aliphatic heterocycles. The van der Waals surface area contributed by atoms with Crippen molar-refractivity contribution in [3.8, 4) is 0 Å². The molecule has 0 amide bonds. The second kappa shape index (κ2) is 6.70. The lowest BCUT2D eigenvalue weighted by molar-refractivity contribution is 0.0526. The van der Waals surface area contributed by atoms with Crippen LogP contribution in [0, 0.1) is 5.92 Å². The lowest BCUT2D eigenvalue weighted by Gasteiger charge is -2.13. The van der Waals surface area contributed by atoms with Crippen LogP contribution in [-0.2, 0) is 4.74 Å². The van der Waals surface area contributed by atoms with Crippen molar-refractivity contribution in [1.82, 2.24) is 0 Å². The first-order valence-corrected chi connectivity index (χ1v) is 7.74. The van der Waals surface area contributed by atoms with Gasteiger partial charge in [0.15, 0.2) is 0 Å². The van der Waals surface area contributed by atoms with Gasteiger partial charge in [0.2, 0.25) is 0 Å². The highest BCUT2D eigenvalue weighted by Gasteiger charge is 2.15. The molecule has 1 aromatic rings. The standard InChI is InChI=1S/C14H20N2O2S/c1-2-18-14(17)11-3-4-13(12(15)7-11)16-8-10-5-6-19-9-10/h3-4,7,10,16H,2,5-6,8-9,15H2,1H3. The van der Waals surface area contributed by atoms with Gasteiger partial charge < -0.3 is 15.8 Å². The normalized spacial score (nSPS) is 18.3. The van der Waals surface area contributed by atoms with E-state index < -0.39 is 0 Å². The average Bonchev–Trinajstić information content (AvgIpc) is 2.90. The van der Waals surface area contributed by atoms with Gasteiger partial charge in [0, 0.05) is 6.54 Å². The number of nitrogens with one attached hydrogen (secondary N) is 1. The summed E-state index contributed by atoms with van der Waals surface area (Å²) in [7, 11) is 0. The van der Waals surface area contributed by atoms with E-state index in [1.807, 2.05) is 17.8 Å². The van der Waals surface area contributed by atoms with Crippen LogP contribution in [0.15, 0.2) is 18.2 Å². The van der Waals surface area contributed by atoms with Crippen LogP contribution in [-0.4, -0.2) is 30.6 Å². The number of esters is 1. The SMILES string of the molecule is CCOC(=O)c1ccc(NCC2CCSC2)c(N)c1. The number of carbonyl (C=O) groups is 1. The van der Waals surface area contributed by atoms with Gasteiger partial charge in [0.05, 0.1) is 23.5 Å². The van der Waals surface area contributed by atoms with E-state index in [1.54, 1.807) is 19.1 Å². The van der Waals surface area contributed by atoms with Crippen molar-refractivity contribution in [2.45, 2.75) is 13.3 Å². The molecule has 1 unspecified atom stereocenters. The van der Waals surface area contributed by atoms with E-state index in [-0.39, 0.29) is 5.97 Å². The number of anilines is 2. The van der Waals surface area contributed by atoms with Crippen LogP contribution < -0.4 is 11.1 Å². The average molecular weight is 280 g/mol. The third kappa shape index (κ3) is 3.80. The minimum atomic E-state index is -0.326. The van der Waals surface area contributed by atoms with Gasteiger partial charge in [-0.05, 0) is 49.0 Å².